The van der Waals surface area contributed by atoms with Crippen LogP contribution in [0.4, 0.5) is 5.13 Å². The van der Waals surface area contributed by atoms with Gasteiger partial charge in [-0.15, -0.1) is 25.5 Å². The molecule has 4 heterocycles. The smallest absolute Gasteiger partial charge is 0.231 e. The van der Waals surface area contributed by atoms with E-state index in [1.165, 1.54) is 17.8 Å². The van der Waals surface area contributed by atoms with Crippen molar-refractivity contribution in [2.24, 2.45) is 0 Å². The molecule has 0 amide bonds. The molecule has 130 valence electrons. The van der Waals surface area contributed by atoms with Crippen LogP contribution < -0.4 is 9.64 Å². The number of fused-ring (bicyclic) bond motifs is 1. The Morgan fingerprint density at radius 3 is 2.60 bits per heavy atom. The highest BCUT2D eigenvalue weighted by Gasteiger charge is 2.30. The van der Waals surface area contributed by atoms with Crippen LogP contribution in [-0.2, 0) is 0 Å². The van der Waals surface area contributed by atoms with Crippen LogP contribution in [0.15, 0.2) is 12.1 Å². The Morgan fingerprint density at radius 2 is 1.84 bits per heavy atom. The van der Waals surface area contributed by atoms with Gasteiger partial charge in [0.05, 0.1) is 7.11 Å². The van der Waals surface area contributed by atoms with Gasteiger partial charge in [-0.25, -0.2) is 0 Å². The molecule has 3 aromatic heterocycles. The molecule has 0 radical (unpaired) electrons. The van der Waals surface area contributed by atoms with E-state index >= 15 is 0 Å². The Morgan fingerprint density at radius 1 is 1.00 bits per heavy atom. The topological polar surface area (TPSA) is 81.3 Å². The Kier molecular flexibility index (Phi) is 3.54. The van der Waals surface area contributed by atoms with Crippen LogP contribution in [0.2, 0.25) is 0 Å². The van der Waals surface area contributed by atoms with Crippen LogP contribution in [0.25, 0.3) is 5.65 Å². The molecule has 0 unspecified atom stereocenters. The van der Waals surface area contributed by atoms with E-state index in [0.717, 1.165) is 42.5 Å². The molecule has 2 fully saturated rings. The lowest BCUT2D eigenvalue weighted by Crippen LogP contribution is -2.33. The molecular formula is C16H19N7OS. The molecule has 9 heteroatoms. The van der Waals surface area contributed by atoms with Gasteiger partial charge in [0.1, 0.15) is 5.01 Å². The standard InChI is InChI=1S/C16H19N7OS/c1-24-13-5-4-12-17-18-14(23(12)21-13)10-6-8-22(9-7-10)16-20-19-15(25-16)11-2-3-11/h4-5,10-11H,2-3,6-9H2,1H3. The highest BCUT2D eigenvalue weighted by molar-refractivity contribution is 7.15. The van der Waals surface area contributed by atoms with Crippen molar-refractivity contribution in [2.45, 2.75) is 37.5 Å². The van der Waals surface area contributed by atoms with E-state index in [-0.39, 0.29) is 0 Å². The summed E-state index contributed by atoms with van der Waals surface area (Å²) in [6, 6.07) is 3.70. The minimum atomic E-state index is 0.349. The van der Waals surface area contributed by atoms with Crippen molar-refractivity contribution in [1.82, 2.24) is 30.0 Å². The highest BCUT2D eigenvalue weighted by Crippen LogP contribution is 2.43. The average molecular weight is 357 g/mol. The fraction of sp³-hybridized carbons (Fsp3) is 0.562. The normalized spacial score (nSPS) is 18.8. The van der Waals surface area contributed by atoms with E-state index in [1.807, 2.05) is 16.6 Å². The van der Waals surface area contributed by atoms with Crippen molar-refractivity contribution >= 4 is 22.1 Å². The van der Waals surface area contributed by atoms with Crippen LogP contribution >= 0.6 is 11.3 Å². The Bertz CT molecular complexity index is 895. The molecule has 1 saturated heterocycles. The maximum absolute atomic E-state index is 5.23. The largest absolute Gasteiger partial charge is 0.480 e. The number of nitrogens with zero attached hydrogens (tertiary/aromatic N) is 7. The zero-order valence-corrected chi connectivity index (χ0v) is 14.8. The van der Waals surface area contributed by atoms with Crippen LogP contribution in [0, 0.1) is 0 Å². The van der Waals surface area contributed by atoms with E-state index in [1.54, 1.807) is 18.4 Å². The van der Waals surface area contributed by atoms with E-state index in [9.17, 15) is 0 Å². The van der Waals surface area contributed by atoms with Gasteiger partial charge in [-0.2, -0.15) is 4.52 Å². The van der Waals surface area contributed by atoms with Gasteiger partial charge >= 0.3 is 0 Å². The first-order chi connectivity index (χ1) is 12.3. The zero-order chi connectivity index (χ0) is 16.8. The summed E-state index contributed by atoms with van der Waals surface area (Å²) >= 11 is 1.76. The fourth-order valence-electron chi connectivity index (χ4n) is 3.33. The number of hydrogen-bond donors (Lipinski definition) is 0. The lowest BCUT2D eigenvalue weighted by atomic mass is 9.96. The molecule has 0 bridgehead atoms. The summed E-state index contributed by atoms with van der Waals surface area (Å²) in [6.45, 7) is 1.92. The summed E-state index contributed by atoms with van der Waals surface area (Å²) in [7, 11) is 1.62. The molecule has 3 aromatic rings. The molecule has 8 nitrogen and oxygen atoms in total. The molecule has 25 heavy (non-hydrogen) atoms. The van der Waals surface area contributed by atoms with E-state index in [0.29, 0.717) is 17.7 Å². The first kappa shape index (κ1) is 15.0. The van der Waals surface area contributed by atoms with Gasteiger partial charge in [0.2, 0.25) is 11.0 Å². The fourth-order valence-corrected chi connectivity index (χ4v) is 4.39. The van der Waals surface area contributed by atoms with Crippen LogP contribution in [-0.4, -0.2) is 50.2 Å². The predicted octanol–water partition coefficient (Wildman–Crippen LogP) is 2.25. The van der Waals surface area contributed by atoms with Crippen molar-refractivity contribution in [1.29, 1.82) is 0 Å². The molecule has 1 aliphatic carbocycles. The van der Waals surface area contributed by atoms with Crippen molar-refractivity contribution in [2.75, 3.05) is 25.1 Å². The minimum Gasteiger partial charge on any atom is -0.480 e. The molecule has 2 aliphatic rings. The van der Waals surface area contributed by atoms with Gasteiger partial charge in [0, 0.05) is 31.0 Å². The van der Waals surface area contributed by atoms with Gasteiger partial charge < -0.3 is 9.64 Å². The average Bonchev–Trinajstić information content (AvgIpc) is 3.24. The van der Waals surface area contributed by atoms with E-state index in [2.05, 4.69) is 30.4 Å². The molecule has 0 spiro atoms. The summed E-state index contributed by atoms with van der Waals surface area (Å²) in [4.78, 5) is 2.34. The second-order valence-corrected chi connectivity index (χ2v) is 7.65. The lowest BCUT2D eigenvalue weighted by Gasteiger charge is -2.30. The number of piperidine rings is 1. The van der Waals surface area contributed by atoms with Crippen molar-refractivity contribution < 1.29 is 4.74 Å². The van der Waals surface area contributed by atoms with E-state index in [4.69, 9.17) is 4.74 Å². The predicted molar refractivity (Wildman–Crippen MR) is 93.4 cm³/mol. The number of aromatic nitrogens is 6. The first-order valence-corrected chi connectivity index (χ1v) is 9.48. The third-order valence-electron chi connectivity index (χ3n) is 4.96. The molecule has 0 atom stereocenters. The van der Waals surface area contributed by atoms with Gasteiger partial charge in [-0.1, -0.05) is 11.3 Å². The monoisotopic (exact) mass is 357 g/mol. The molecule has 1 aliphatic heterocycles. The van der Waals surface area contributed by atoms with Gasteiger partial charge in [0.15, 0.2) is 11.5 Å². The lowest BCUT2D eigenvalue weighted by molar-refractivity contribution is 0.387. The van der Waals surface area contributed by atoms with Crippen LogP contribution in [0.1, 0.15) is 48.4 Å². The summed E-state index contributed by atoms with van der Waals surface area (Å²) in [5.74, 6) is 2.52. The van der Waals surface area contributed by atoms with Gasteiger partial charge in [0.25, 0.3) is 0 Å². The Hall–Kier alpha value is -2.29. The quantitative estimate of drug-likeness (QED) is 0.708. The van der Waals surface area contributed by atoms with Gasteiger partial charge in [-0.3, -0.25) is 0 Å². The van der Waals surface area contributed by atoms with Crippen LogP contribution in [0.5, 0.6) is 5.88 Å². The summed E-state index contributed by atoms with van der Waals surface area (Å²) in [5.41, 5.74) is 0.761. The number of ether oxygens (including phenoxy) is 1. The molecular weight excluding hydrogens is 338 g/mol. The number of anilines is 1. The minimum absolute atomic E-state index is 0.349. The number of methoxy groups -OCH3 is 1. The number of rotatable bonds is 4. The van der Waals surface area contributed by atoms with Gasteiger partial charge in [-0.05, 0) is 31.7 Å². The Labute approximate surface area is 148 Å². The van der Waals surface area contributed by atoms with E-state index < -0.39 is 0 Å². The second-order valence-electron chi connectivity index (χ2n) is 6.66. The van der Waals surface area contributed by atoms with Crippen molar-refractivity contribution in [3.05, 3.63) is 23.0 Å². The maximum Gasteiger partial charge on any atom is 0.231 e. The zero-order valence-electron chi connectivity index (χ0n) is 14.0. The Balaban J connectivity index is 1.32. The molecule has 5 rings (SSSR count). The summed E-state index contributed by atoms with van der Waals surface area (Å²) in [5, 5.41) is 24.1. The SMILES string of the molecule is COc1ccc2nnc(C3CCN(c4nnc(C5CC5)s4)CC3)n2n1. The van der Waals surface area contributed by atoms with Crippen molar-refractivity contribution in [3.63, 3.8) is 0 Å². The van der Waals surface area contributed by atoms with Crippen LogP contribution in [0.3, 0.4) is 0 Å². The first-order valence-electron chi connectivity index (χ1n) is 8.66. The molecule has 1 saturated carbocycles. The third-order valence-corrected chi connectivity index (χ3v) is 6.11. The highest BCUT2D eigenvalue weighted by atomic mass is 32.1. The molecule has 0 N–H and O–H groups in total. The second kappa shape index (κ2) is 5.91. The maximum atomic E-state index is 5.23. The van der Waals surface area contributed by atoms with Crippen molar-refractivity contribution in [3.8, 4) is 5.88 Å². The summed E-state index contributed by atoms with van der Waals surface area (Å²) < 4.78 is 7.04. The summed E-state index contributed by atoms with van der Waals surface area (Å²) in [6.07, 6.45) is 4.57. The number of hydrogen-bond acceptors (Lipinski definition) is 8. The molecule has 0 aromatic carbocycles. The third kappa shape index (κ3) is 2.72.